The largest absolute Gasteiger partial charge is 0.376 e. The van der Waals surface area contributed by atoms with Gasteiger partial charge in [-0.2, -0.15) is 0 Å². The number of carbonyl (C=O) groups is 3. The number of rotatable bonds is 5. The zero-order valence-electron chi connectivity index (χ0n) is 17.8. The van der Waals surface area contributed by atoms with Crippen LogP contribution in [0.2, 0.25) is 5.02 Å². The molecular formula is C23H22BrClN4O4. The average molecular weight is 534 g/mol. The van der Waals surface area contributed by atoms with Gasteiger partial charge in [-0.05, 0) is 77.7 Å². The lowest BCUT2D eigenvalue weighted by molar-refractivity contribution is -0.136. The number of nitrogens with zero attached hydrogens (tertiary/aromatic N) is 1. The molecule has 0 radical (unpaired) electrons. The molecule has 1 saturated heterocycles. The minimum absolute atomic E-state index is 0.0920. The maximum absolute atomic E-state index is 13.1. The molecule has 3 aromatic rings. The Morgan fingerprint density at radius 3 is 2.70 bits per heavy atom. The van der Waals surface area contributed by atoms with Gasteiger partial charge in [-0.3, -0.25) is 19.8 Å². The summed E-state index contributed by atoms with van der Waals surface area (Å²) in [4.78, 5) is 38.1. The van der Waals surface area contributed by atoms with E-state index in [0.29, 0.717) is 28.2 Å². The summed E-state index contributed by atoms with van der Waals surface area (Å²) in [7, 11) is 0. The second kappa shape index (κ2) is 9.94. The molecular weight excluding hydrogens is 512 g/mol. The van der Waals surface area contributed by atoms with Gasteiger partial charge in [0.05, 0.1) is 17.3 Å². The summed E-state index contributed by atoms with van der Waals surface area (Å²) in [6, 6.07) is 12.1. The number of amides is 3. The number of anilines is 1. The predicted octanol–water partition coefficient (Wildman–Crippen LogP) is 3.98. The van der Waals surface area contributed by atoms with E-state index in [9.17, 15) is 14.4 Å². The fourth-order valence-electron chi connectivity index (χ4n) is 3.63. The van der Waals surface area contributed by atoms with Crippen LogP contribution in [0.1, 0.15) is 28.9 Å². The van der Waals surface area contributed by atoms with Gasteiger partial charge in [0.1, 0.15) is 5.69 Å². The molecule has 1 aliphatic rings. The van der Waals surface area contributed by atoms with Gasteiger partial charge in [0.2, 0.25) is 0 Å². The Kier molecular flexibility index (Phi) is 7.02. The van der Waals surface area contributed by atoms with Gasteiger partial charge in [-0.15, -0.1) is 0 Å². The molecule has 172 valence electrons. The minimum Gasteiger partial charge on any atom is -0.376 e. The molecule has 0 aliphatic carbocycles. The first kappa shape index (κ1) is 23.3. The van der Waals surface area contributed by atoms with Crippen LogP contribution in [0.5, 0.6) is 0 Å². The fourth-order valence-corrected chi connectivity index (χ4v) is 4.40. The van der Waals surface area contributed by atoms with Crippen molar-refractivity contribution in [3.8, 4) is 0 Å². The standard InChI is InChI=1S/C23H22BrClN4O4/c1-13-4-6-18(17(24)9-13)27-21(30)20-11-14-10-15(25)5-7-19(14)29(20)28-23(32)22(31)26-12-16-3-2-8-33-16/h4-7,9-11,16H,2-3,8,12H2,1H3,(H,26,31)(H,27,30)(H,28,32)/t16-/m0/s1. The van der Waals surface area contributed by atoms with E-state index >= 15 is 0 Å². The van der Waals surface area contributed by atoms with Crippen LogP contribution in [0, 0.1) is 6.92 Å². The van der Waals surface area contributed by atoms with Crippen LogP contribution in [-0.4, -0.2) is 41.7 Å². The highest BCUT2D eigenvalue weighted by atomic mass is 79.9. The Bertz CT molecular complexity index is 1240. The molecule has 0 bridgehead atoms. The quantitative estimate of drug-likeness (QED) is 0.432. The number of benzene rings is 2. The van der Waals surface area contributed by atoms with Gasteiger partial charge in [0.25, 0.3) is 5.91 Å². The Morgan fingerprint density at radius 1 is 1.15 bits per heavy atom. The third-order valence-electron chi connectivity index (χ3n) is 5.30. The molecule has 4 rings (SSSR count). The second-order valence-electron chi connectivity index (χ2n) is 7.79. The smallest absolute Gasteiger partial charge is 0.328 e. The van der Waals surface area contributed by atoms with E-state index in [1.54, 1.807) is 30.3 Å². The van der Waals surface area contributed by atoms with E-state index in [4.69, 9.17) is 16.3 Å². The molecule has 0 spiro atoms. The summed E-state index contributed by atoms with van der Waals surface area (Å²) < 4.78 is 7.47. The molecule has 3 N–H and O–H groups in total. The van der Waals surface area contributed by atoms with Crippen LogP contribution in [0.15, 0.2) is 46.9 Å². The molecule has 1 aromatic heterocycles. The predicted molar refractivity (Wildman–Crippen MR) is 130 cm³/mol. The first-order valence-corrected chi connectivity index (χ1v) is 11.6. The first-order chi connectivity index (χ1) is 15.8. The summed E-state index contributed by atoms with van der Waals surface area (Å²) in [5.41, 5.74) is 4.79. The summed E-state index contributed by atoms with van der Waals surface area (Å²) >= 11 is 9.55. The Labute approximate surface area is 203 Å². The van der Waals surface area contributed by atoms with Crippen molar-refractivity contribution in [2.24, 2.45) is 0 Å². The van der Waals surface area contributed by atoms with E-state index in [1.807, 2.05) is 19.1 Å². The summed E-state index contributed by atoms with van der Waals surface area (Å²) in [5.74, 6) is -2.17. The van der Waals surface area contributed by atoms with Crippen LogP contribution in [0.4, 0.5) is 5.69 Å². The monoisotopic (exact) mass is 532 g/mol. The molecule has 33 heavy (non-hydrogen) atoms. The highest BCUT2D eigenvalue weighted by molar-refractivity contribution is 9.10. The van der Waals surface area contributed by atoms with Crippen LogP contribution < -0.4 is 16.1 Å². The number of aryl methyl sites for hydroxylation is 1. The SMILES string of the molecule is Cc1ccc(NC(=O)c2cc3cc(Cl)ccc3n2NC(=O)C(=O)NC[C@@H]2CCCO2)c(Br)c1. The van der Waals surface area contributed by atoms with Crippen LogP contribution in [-0.2, 0) is 14.3 Å². The van der Waals surface area contributed by atoms with Gasteiger partial charge in [0, 0.05) is 28.0 Å². The molecule has 2 aromatic carbocycles. The van der Waals surface area contributed by atoms with Crippen molar-refractivity contribution in [1.82, 2.24) is 9.99 Å². The molecule has 0 saturated carbocycles. The lowest BCUT2D eigenvalue weighted by Crippen LogP contribution is -2.42. The van der Waals surface area contributed by atoms with Crippen molar-refractivity contribution in [3.05, 3.63) is 63.2 Å². The third-order valence-corrected chi connectivity index (χ3v) is 6.19. The Morgan fingerprint density at radius 2 is 1.97 bits per heavy atom. The Hall–Kier alpha value is -2.88. The average Bonchev–Trinajstić information content (AvgIpc) is 3.42. The number of hydrogen-bond acceptors (Lipinski definition) is 4. The van der Waals surface area contributed by atoms with Crippen molar-refractivity contribution < 1.29 is 19.1 Å². The zero-order chi connectivity index (χ0) is 23.5. The van der Waals surface area contributed by atoms with Gasteiger partial charge in [-0.25, -0.2) is 4.68 Å². The van der Waals surface area contributed by atoms with E-state index in [1.165, 1.54) is 4.68 Å². The normalized spacial score (nSPS) is 15.4. The summed E-state index contributed by atoms with van der Waals surface area (Å²) in [6.07, 6.45) is 1.68. The molecule has 1 atom stereocenters. The van der Waals surface area contributed by atoms with Crippen LogP contribution >= 0.6 is 27.5 Å². The van der Waals surface area contributed by atoms with E-state index in [0.717, 1.165) is 22.9 Å². The number of nitrogens with one attached hydrogen (secondary N) is 3. The lowest BCUT2D eigenvalue weighted by Gasteiger charge is -2.14. The second-order valence-corrected chi connectivity index (χ2v) is 9.08. The van der Waals surface area contributed by atoms with Gasteiger partial charge in [-0.1, -0.05) is 17.7 Å². The molecule has 10 heteroatoms. The fraction of sp³-hybridized carbons (Fsp3) is 0.261. The van der Waals surface area contributed by atoms with Crippen molar-refractivity contribution in [2.75, 3.05) is 23.9 Å². The molecule has 0 unspecified atom stereocenters. The highest BCUT2D eigenvalue weighted by Crippen LogP contribution is 2.26. The van der Waals surface area contributed by atoms with Crippen molar-refractivity contribution >= 4 is 61.8 Å². The maximum atomic E-state index is 13.1. The molecule has 3 amide bonds. The van der Waals surface area contributed by atoms with Crippen LogP contribution in [0.25, 0.3) is 10.9 Å². The maximum Gasteiger partial charge on any atom is 0.328 e. The van der Waals surface area contributed by atoms with Crippen molar-refractivity contribution in [2.45, 2.75) is 25.9 Å². The van der Waals surface area contributed by atoms with Crippen molar-refractivity contribution in [3.63, 3.8) is 0 Å². The third kappa shape index (κ3) is 5.38. The van der Waals surface area contributed by atoms with E-state index in [-0.39, 0.29) is 18.3 Å². The Balaban J connectivity index is 1.58. The number of ether oxygens (including phenoxy) is 1. The zero-order valence-corrected chi connectivity index (χ0v) is 20.1. The number of carbonyl (C=O) groups excluding carboxylic acids is 3. The number of halogens is 2. The van der Waals surface area contributed by atoms with E-state index < -0.39 is 17.7 Å². The molecule has 8 nitrogen and oxygen atoms in total. The molecule has 1 aliphatic heterocycles. The summed E-state index contributed by atoms with van der Waals surface area (Å²) in [6.45, 7) is 2.85. The van der Waals surface area contributed by atoms with Gasteiger partial charge in [0.15, 0.2) is 0 Å². The highest BCUT2D eigenvalue weighted by Gasteiger charge is 2.23. The van der Waals surface area contributed by atoms with E-state index in [2.05, 4.69) is 32.0 Å². The van der Waals surface area contributed by atoms with Gasteiger partial charge >= 0.3 is 11.8 Å². The minimum atomic E-state index is -0.897. The topological polar surface area (TPSA) is 101 Å². The van der Waals surface area contributed by atoms with Crippen molar-refractivity contribution in [1.29, 1.82) is 0 Å². The number of fused-ring (bicyclic) bond motifs is 1. The molecule has 1 fully saturated rings. The first-order valence-electron chi connectivity index (χ1n) is 10.4. The number of hydrogen-bond donors (Lipinski definition) is 3. The van der Waals surface area contributed by atoms with Gasteiger partial charge < -0.3 is 15.4 Å². The molecule has 2 heterocycles. The summed E-state index contributed by atoms with van der Waals surface area (Å²) in [5, 5.41) is 6.52. The number of aromatic nitrogens is 1. The van der Waals surface area contributed by atoms with Crippen LogP contribution in [0.3, 0.4) is 0 Å². The lowest BCUT2D eigenvalue weighted by atomic mass is 10.2.